The number of hydrogen-bond acceptors (Lipinski definition) is 3. The van der Waals surface area contributed by atoms with Crippen LogP contribution in [0.2, 0.25) is 0 Å². The number of benzene rings is 1. The quantitative estimate of drug-likeness (QED) is 0.748. The largest absolute Gasteiger partial charge is 0.337 e. The first-order valence-electron chi connectivity index (χ1n) is 5.26. The van der Waals surface area contributed by atoms with Crippen molar-refractivity contribution < 1.29 is 9.47 Å². The Morgan fingerprint density at radius 2 is 1.93 bits per heavy atom. The Morgan fingerprint density at radius 1 is 1.20 bits per heavy atom. The zero-order valence-corrected chi connectivity index (χ0v) is 9.25. The third kappa shape index (κ3) is 1.78. The molecule has 0 atom stereocenters. The molecule has 0 radical (unpaired) electrons. The second-order valence-electron chi connectivity index (χ2n) is 3.71. The molecular formula is C12H17NO2. The van der Waals surface area contributed by atoms with Gasteiger partial charge in [-0.05, 0) is 18.4 Å². The van der Waals surface area contributed by atoms with E-state index in [2.05, 4.69) is 23.5 Å². The third-order valence-corrected chi connectivity index (χ3v) is 2.93. The van der Waals surface area contributed by atoms with Gasteiger partial charge < -0.3 is 9.47 Å². The predicted molar refractivity (Wildman–Crippen MR) is 58.5 cm³/mol. The van der Waals surface area contributed by atoms with E-state index in [4.69, 9.17) is 9.47 Å². The summed E-state index contributed by atoms with van der Waals surface area (Å²) in [6, 6.07) is 8.26. The lowest BCUT2D eigenvalue weighted by Crippen LogP contribution is -2.45. The van der Waals surface area contributed by atoms with Crippen molar-refractivity contribution in [3.8, 4) is 0 Å². The van der Waals surface area contributed by atoms with Crippen LogP contribution in [0, 0.1) is 0 Å². The molecule has 1 aromatic rings. The normalized spacial score (nSPS) is 19.3. The highest BCUT2D eigenvalue weighted by Gasteiger charge is 2.34. The molecule has 0 saturated carbocycles. The Bertz CT molecular complexity index is 334. The second-order valence-corrected chi connectivity index (χ2v) is 3.71. The first-order valence-corrected chi connectivity index (χ1v) is 5.26. The Hall–Kier alpha value is -0.900. The number of fused-ring (bicyclic) bond motifs is 1. The summed E-state index contributed by atoms with van der Waals surface area (Å²) >= 11 is 0. The van der Waals surface area contributed by atoms with Gasteiger partial charge in [0.05, 0.1) is 0 Å². The predicted octanol–water partition coefficient (Wildman–Crippen LogP) is 1.63. The van der Waals surface area contributed by atoms with Crippen LogP contribution in [0.15, 0.2) is 24.3 Å². The molecule has 0 spiro atoms. The molecular weight excluding hydrogens is 190 g/mol. The lowest BCUT2D eigenvalue weighted by Gasteiger charge is -2.31. The number of rotatable bonds is 2. The fourth-order valence-electron chi connectivity index (χ4n) is 2.13. The number of aryl methyl sites for hydroxylation is 1. The van der Waals surface area contributed by atoms with Crippen molar-refractivity contribution in [3.63, 3.8) is 0 Å². The molecule has 0 unspecified atom stereocenters. The minimum atomic E-state index is -0.771. The molecule has 0 bridgehead atoms. The van der Waals surface area contributed by atoms with Crippen LogP contribution in [0.5, 0.6) is 0 Å². The smallest absolute Gasteiger partial charge is 0.255 e. The standard InChI is InChI=1S/C12H17NO2/c1-14-12(15-2)11-8-4-3-6-10(11)7-5-9-13-12/h3-4,6,8,13H,5,7,9H2,1-2H3. The lowest BCUT2D eigenvalue weighted by molar-refractivity contribution is -0.237. The van der Waals surface area contributed by atoms with E-state index in [-0.39, 0.29) is 0 Å². The van der Waals surface area contributed by atoms with Crippen molar-refractivity contribution in [1.29, 1.82) is 0 Å². The van der Waals surface area contributed by atoms with Crippen LogP contribution in [0.4, 0.5) is 0 Å². The molecule has 82 valence electrons. The fourth-order valence-corrected chi connectivity index (χ4v) is 2.13. The van der Waals surface area contributed by atoms with Gasteiger partial charge in [-0.15, -0.1) is 0 Å². The highest BCUT2D eigenvalue weighted by molar-refractivity contribution is 5.31. The summed E-state index contributed by atoms with van der Waals surface area (Å²) < 4.78 is 11.0. The molecule has 0 amide bonds. The topological polar surface area (TPSA) is 30.5 Å². The first-order chi connectivity index (χ1) is 7.32. The molecule has 0 aromatic heterocycles. The van der Waals surface area contributed by atoms with Crippen LogP contribution in [0.3, 0.4) is 0 Å². The zero-order chi connectivity index (χ0) is 10.7. The van der Waals surface area contributed by atoms with Crippen LogP contribution in [0.25, 0.3) is 0 Å². The Labute approximate surface area is 90.4 Å². The summed E-state index contributed by atoms with van der Waals surface area (Å²) in [6.07, 6.45) is 2.17. The lowest BCUT2D eigenvalue weighted by atomic mass is 10.0. The molecule has 0 aliphatic carbocycles. The van der Waals surface area contributed by atoms with Crippen molar-refractivity contribution in [2.75, 3.05) is 20.8 Å². The summed E-state index contributed by atoms with van der Waals surface area (Å²) in [7, 11) is 3.33. The van der Waals surface area contributed by atoms with Gasteiger partial charge in [-0.1, -0.05) is 24.3 Å². The second kappa shape index (κ2) is 4.31. The molecule has 1 N–H and O–H groups in total. The molecule has 0 saturated heterocycles. The SMILES string of the molecule is COC1(OC)NCCCc2ccccc21. The Balaban J connectivity index is 2.49. The maximum Gasteiger partial charge on any atom is 0.255 e. The molecule has 3 nitrogen and oxygen atoms in total. The number of nitrogens with one attached hydrogen (secondary N) is 1. The Morgan fingerprint density at radius 3 is 2.67 bits per heavy atom. The summed E-state index contributed by atoms with van der Waals surface area (Å²) in [5.74, 6) is -0.771. The van der Waals surface area contributed by atoms with E-state index in [1.165, 1.54) is 5.56 Å². The number of methoxy groups -OCH3 is 2. The molecule has 2 rings (SSSR count). The van der Waals surface area contributed by atoms with E-state index >= 15 is 0 Å². The van der Waals surface area contributed by atoms with Gasteiger partial charge in [0.25, 0.3) is 5.91 Å². The van der Waals surface area contributed by atoms with Gasteiger partial charge >= 0.3 is 0 Å². The van der Waals surface area contributed by atoms with Gasteiger partial charge in [0.2, 0.25) is 0 Å². The molecule has 1 aliphatic heterocycles. The van der Waals surface area contributed by atoms with E-state index in [0.717, 1.165) is 24.9 Å². The monoisotopic (exact) mass is 207 g/mol. The maximum absolute atomic E-state index is 5.50. The van der Waals surface area contributed by atoms with Crippen LogP contribution in [0.1, 0.15) is 17.5 Å². The summed E-state index contributed by atoms with van der Waals surface area (Å²) in [5, 5.41) is 3.31. The van der Waals surface area contributed by atoms with E-state index in [1.54, 1.807) is 14.2 Å². The molecule has 0 fully saturated rings. The minimum Gasteiger partial charge on any atom is -0.337 e. The third-order valence-electron chi connectivity index (χ3n) is 2.93. The molecule has 15 heavy (non-hydrogen) atoms. The van der Waals surface area contributed by atoms with E-state index in [9.17, 15) is 0 Å². The van der Waals surface area contributed by atoms with E-state index in [0.29, 0.717) is 0 Å². The van der Waals surface area contributed by atoms with Crippen molar-refractivity contribution in [1.82, 2.24) is 5.32 Å². The first kappa shape index (κ1) is 10.6. The van der Waals surface area contributed by atoms with Gasteiger partial charge in [-0.3, -0.25) is 5.32 Å². The van der Waals surface area contributed by atoms with Gasteiger partial charge in [0.1, 0.15) is 0 Å². The van der Waals surface area contributed by atoms with Crippen LogP contribution in [-0.2, 0) is 21.8 Å². The molecule has 1 aromatic carbocycles. The van der Waals surface area contributed by atoms with Crippen molar-refractivity contribution >= 4 is 0 Å². The molecule has 3 heteroatoms. The average molecular weight is 207 g/mol. The minimum absolute atomic E-state index is 0.771. The van der Waals surface area contributed by atoms with Gasteiger partial charge in [0, 0.05) is 26.3 Å². The fraction of sp³-hybridized carbons (Fsp3) is 0.500. The highest BCUT2D eigenvalue weighted by atomic mass is 16.7. The zero-order valence-electron chi connectivity index (χ0n) is 9.25. The van der Waals surface area contributed by atoms with E-state index in [1.807, 2.05) is 6.07 Å². The van der Waals surface area contributed by atoms with Gasteiger partial charge in [-0.2, -0.15) is 0 Å². The van der Waals surface area contributed by atoms with E-state index < -0.39 is 5.91 Å². The molecule has 1 aliphatic rings. The van der Waals surface area contributed by atoms with Gasteiger partial charge in [0.15, 0.2) is 0 Å². The van der Waals surface area contributed by atoms with Crippen LogP contribution >= 0.6 is 0 Å². The van der Waals surface area contributed by atoms with Crippen LogP contribution in [-0.4, -0.2) is 20.8 Å². The van der Waals surface area contributed by atoms with Gasteiger partial charge in [-0.25, -0.2) is 0 Å². The summed E-state index contributed by atoms with van der Waals surface area (Å²) in [4.78, 5) is 0. The number of ether oxygens (including phenoxy) is 2. The maximum atomic E-state index is 5.50. The Kier molecular flexibility index (Phi) is 3.05. The van der Waals surface area contributed by atoms with Crippen molar-refractivity contribution in [3.05, 3.63) is 35.4 Å². The molecule has 1 heterocycles. The van der Waals surface area contributed by atoms with Crippen molar-refractivity contribution in [2.45, 2.75) is 18.8 Å². The van der Waals surface area contributed by atoms with Crippen molar-refractivity contribution in [2.24, 2.45) is 0 Å². The average Bonchev–Trinajstić information content (AvgIpc) is 2.49. The highest BCUT2D eigenvalue weighted by Crippen LogP contribution is 2.29. The van der Waals surface area contributed by atoms with Crippen LogP contribution < -0.4 is 5.32 Å². The summed E-state index contributed by atoms with van der Waals surface area (Å²) in [6.45, 7) is 0.899. The number of hydrogen-bond donors (Lipinski definition) is 1. The summed E-state index contributed by atoms with van der Waals surface area (Å²) in [5.41, 5.74) is 2.39.